The van der Waals surface area contributed by atoms with Crippen LogP contribution in [0.4, 0.5) is 0 Å². The van der Waals surface area contributed by atoms with Crippen LogP contribution in [-0.2, 0) is 14.5 Å². The number of ether oxygens (including phenoxy) is 1. The summed E-state index contributed by atoms with van der Waals surface area (Å²) in [4.78, 5) is 8.52. The van der Waals surface area contributed by atoms with Crippen molar-refractivity contribution in [3.05, 3.63) is 36.8 Å². The number of rotatable bonds is 0. The normalized spacial score (nSPS) is 18.2. The Hall–Kier alpha value is -1.22. The molecule has 0 amide bonds. The Kier molecular flexibility index (Phi) is 3.98. The minimum atomic E-state index is 0.191. The largest absolute Gasteiger partial charge is 0.468 e. The Balaban J connectivity index is 0.000000112. The zero-order valence-electron chi connectivity index (χ0n) is 6.10. The van der Waals surface area contributed by atoms with Gasteiger partial charge in [0.15, 0.2) is 6.26 Å². The molecule has 1 aliphatic carbocycles. The molecule has 2 aliphatic rings. The Morgan fingerprint density at radius 2 is 1.82 bits per heavy atom. The van der Waals surface area contributed by atoms with Gasteiger partial charge in [0, 0.05) is 0 Å². The van der Waals surface area contributed by atoms with Gasteiger partial charge in [-0.1, -0.05) is 24.3 Å². The number of hydrogen-bond donors (Lipinski definition) is 0. The maximum atomic E-state index is 4.54. The van der Waals surface area contributed by atoms with Gasteiger partial charge in [-0.2, -0.15) is 0 Å². The average Bonchev–Trinajstić information content (AvgIpc) is 2.64. The molecule has 11 heavy (non-hydrogen) atoms. The van der Waals surface area contributed by atoms with Gasteiger partial charge >= 0.3 is 0 Å². The summed E-state index contributed by atoms with van der Waals surface area (Å²) in [6.45, 7) is 0.191. The van der Waals surface area contributed by atoms with E-state index in [4.69, 9.17) is 0 Å². The van der Waals surface area contributed by atoms with Crippen molar-refractivity contribution >= 4 is 0 Å². The predicted molar refractivity (Wildman–Crippen MR) is 40.2 cm³/mol. The quantitative estimate of drug-likeness (QED) is 0.499. The first-order valence-electron chi connectivity index (χ1n) is 3.37. The van der Waals surface area contributed by atoms with Crippen molar-refractivity contribution < 1.29 is 14.5 Å². The molecular weight excluding hydrogens is 144 g/mol. The van der Waals surface area contributed by atoms with Crippen LogP contribution in [0.1, 0.15) is 6.42 Å². The molecule has 0 aromatic carbocycles. The van der Waals surface area contributed by atoms with E-state index in [1.165, 1.54) is 12.5 Å². The first kappa shape index (κ1) is 7.88. The lowest BCUT2D eigenvalue weighted by molar-refractivity contribution is -0.307. The molecule has 1 aliphatic heterocycles. The number of allylic oxidation sites excluding steroid dienone is 4. The van der Waals surface area contributed by atoms with Crippen LogP contribution in [0.2, 0.25) is 0 Å². The van der Waals surface area contributed by atoms with E-state index in [1.54, 1.807) is 0 Å². The van der Waals surface area contributed by atoms with Crippen molar-refractivity contribution in [2.24, 2.45) is 0 Å². The van der Waals surface area contributed by atoms with Crippen LogP contribution < -0.4 is 0 Å². The molecule has 3 nitrogen and oxygen atoms in total. The zero-order valence-corrected chi connectivity index (χ0v) is 6.10. The molecule has 0 fully saturated rings. The SMILES string of the molecule is C1=CCC=C1.C1=COOCO1. The lowest BCUT2D eigenvalue weighted by atomic mass is 10.5. The Bertz CT molecular complexity index is 152. The van der Waals surface area contributed by atoms with Crippen LogP contribution in [0.5, 0.6) is 0 Å². The molecule has 0 saturated carbocycles. The van der Waals surface area contributed by atoms with Crippen LogP contribution in [0.25, 0.3) is 0 Å². The highest BCUT2D eigenvalue weighted by molar-refractivity contribution is 5.11. The summed E-state index contributed by atoms with van der Waals surface area (Å²) < 4.78 is 4.54. The molecular formula is C8H10O3. The highest BCUT2D eigenvalue weighted by Gasteiger charge is 1.85. The fourth-order valence-electron chi connectivity index (χ4n) is 0.589. The second-order valence-electron chi connectivity index (χ2n) is 1.86. The smallest absolute Gasteiger partial charge is 0.231 e. The van der Waals surface area contributed by atoms with E-state index < -0.39 is 0 Å². The minimum Gasteiger partial charge on any atom is -0.468 e. The van der Waals surface area contributed by atoms with Gasteiger partial charge < -0.3 is 9.62 Å². The Morgan fingerprint density at radius 3 is 2.00 bits per heavy atom. The molecule has 1 heterocycles. The Labute approximate surface area is 65.5 Å². The van der Waals surface area contributed by atoms with Crippen LogP contribution in [-0.4, -0.2) is 6.79 Å². The summed E-state index contributed by atoms with van der Waals surface area (Å²) in [5.41, 5.74) is 0. The molecule has 0 N–H and O–H groups in total. The summed E-state index contributed by atoms with van der Waals surface area (Å²) in [6.07, 6.45) is 12.2. The van der Waals surface area contributed by atoms with Crippen molar-refractivity contribution in [1.82, 2.24) is 0 Å². The number of hydrogen-bond acceptors (Lipinski definition) is 3. The van der Waals surface area contributed by atoms with E-state index in [-0.39, 0.29) is 6.79 Å². The maximum absolute atomic E-state index is 4.54. The van der Waals surface area contributed by atoms with E-state index in [0.29, 0.717) is 0 Å². The molecule has 0 radical (unpaired) electrons. The maximum Gasteiger partial charge on any atom is 0.231 e. The van der Waals surface area contributed by atoms with Crippen LogP contribution in [0.15, 0.2) is 36.8 Å². The van der Waals surface area contributed by atoms with Crippen LogP contribution >= 0.6 is 0 Å². The molecule has 0 bridgehead atoms. The molecule has 0 atom stereocenters. The monoisotopic (exact) mass is 154 g/mol. The second kappa shape index (κ2) is 5.56. The topological polar surface area (TPSA) is 27.7 Å². The summed E-state index contributed by atoms with van der Waals surface area (Å²) in [7, 11) is 0. The highest BCUT2D eigenvalue weighted by Crippen LogP contribution is 1.93. The van der Waals surface area contributed by atoms with E-state index in [9.17, 15) is 0 Å². The van der Waals surface area contributed by atoms with Crippen molar-refractivity contribution in [2.75, 3.05) is 6.79 Å². The van der Waals surface area contributed by atoms with Crippen molar-refractivity contribution in [3.8, 4) is 0 Å². The lowest BCUT2D eigenvalue weighted by Crippen LogP contribution is -1.97. The Morgan fingerprint density at radius 1 is 1.00 bits per heavy atom. The molecule has 0 spiro atoms. The standard InChI is InChI=1S/C5H6.C3H4O3/c1-2-4-5-3-1;1-2-5-6-3-4-1/h1-4H,5H2;1-2H,3H2. The molecule has 3 heteroatoms. The van der Waals surface area contributed by atoms with E-state index >= 15 is 0 Å². The van der Waals surface area contributed by atoms with Crippen molar-refractivity contribution in [1.29, 1.82) is 0 Å². The van der Waals surface area contributed by atoms with Gasteiger partial charge in [0.05, 0.1) is 0 Å². The highest BCUT2D eigenvalue weighted by atomic mass is 17.2. The summed E-state index contributed by atoms with van der Waals surface area (Å²) in [5, 5.41) is 0. The first-order chi connectivity index (χ1) is 5.50. The van der Waals surface area contributed by atoms with E-state index in [2.05, 4.69) is 38.8 Å². The molecule has 0 saturated heterocycles. The van der Waals surface area contributed by atoms with Gasteiger partial charge in [-0.3, -0.25) is 0 Å². The molecule has 0 aromatic rings. The summed E-state index contributed by atoms with van der Waals surface area (Å²) in [6, 6.07) is 0. The molecule has 0 aromatic heterocycles. The third-order valence-electron chi connectivity index (χ3n) is 1.05. The van der Waals surface area contributed by atoms with Crippen molar-refractivity contribution in [2.45, 2.75) is 6.42 Å². The minimum absolute atomic E-state index is 0.191. The van der Waals surface area contributed by atoms with Gasteiger partial charge in [-0.15, -0.1) is 4.89 Å². The molecule has 2 rings (SSSR count). The second-order valence-corrected chi connectivity index (χ2v) is 1.86. The average molecular weight is 154 g/mol. The summed E-state index contributed by atoms with van der Waals surface area (Å²) >= 11 is 0. The van der Waals surface area contributed by atoms with E-state index in [1.807, 2.05) is 0 Å². The van der Waals surface area contributed by atoms with Crippen molar-refractivity contribution in [3.63, 3.8) is 0 Å². The van der Waals surface area contributed by atoms with Gasteiger partial charge in [0.2, 0.25) is 6.79 Å². The molecule has 60 valence electrons. The fraction of sp³-hybridized carbons (Fsp3) is 0.250. The zero-order chi connectivity index (χ0) is 7.78. The lowest BCUT2D eigenvalue weighted by Gasteiger charge is -2.03. The predicted octanol–water partition coefficient (Wildman–Crippen LogP) is 1.90. The first-order valence-corrected chi connectivity index (χ1v) is 3.37. The summed E-state index contributed by atoms with van der Waals surface area (Å²) in [5.74, 6) is 0. The third-order valence-corrected chi connectivity index (χ3v) is 1.05. The van der Waals surface area contributed by atoms with Gasteiger partial charge in [0.1, 0.15) is 6.26 Å². The third kappa shape index (κ3) is 4.22. The van der Waals surface area contributed by atoms with Gasteiger partial charge in [-0.25, -0.2) is 0 Å². The van der Waals surface area contributed by atoms with Crippen LogP contribution in [0, 0.1) is 0 Å². The van der Waals surface area contributed by atoms with Gasteiger partial charge in [0.25, 0.3) is 0 Å². The fourth-order valence-corrected chi connectivity index (χ4v) is 0.589. The van der Waals surface area contributed by atoms with Crippen LogP contribution in [0.3, 0.4) is 0 Å². The van der Waals surface area contributed by atoms with E-state index in [0.717, 1.165) is 6.42 Å². The van der Waals surface area contributed by atoms with Gasteiger partial charge in [-0.05, 0) is 6.42 Å². The molecule has 0 unspecified atom stereocenters.